The van der Waals surface area contributed by atoms with Crippen molar-refractivity contribution in [2.45, 2.75) is 6.92 Å². The zero-order valence-corrected chi connectivity index (χ0v) is 9.71. The van der Waals surface area contributed by atoms with Crippen LogP contribution in [-0.4, -0.2) is 25.0 Å². The minimum atomic E-state index is -0.0993. The molecule has 0 atom stereocenters. The van der Waals surface area contributed by atoms with Crippen LogP contribution >= 0.6 is 15.9 Å². The largest absolute Gasteiger partial charge is 0.480 e. The van der Waals surface area contributed by atoms with Crippen LogP contribution in [0.3, 0.4) is 0 Å². The number of methoxy groups -OCH3 is 2. The third-order valence-corrected chi connectivity index (χ3v) is 2.24. The summed E-state index contributed by atoms with van der Waals surface area (Å²) >= 11 is 3.24. The Morgan fingerprint density at radius 2 is 1.93 bits per heavy atom. The Hall–Kier alpha value is -1.10. The summed E-state index contributed by atoms with van der Waals surface area (Å²) < 4.78 is 10.6. The molecule has 76 valence electrons. The van der Waals surface area contributed by atoms with E-state index < -0.39 is 0 Å². The second-order valence-electron chi connectivity index (χ2n) is 2.59. The van der Waals surface area contributed by atoms with Crippen LogP contribution in [0.15, 0.2) is 10.5 Å². The van der Waals surface area contributed by atoms with Crippen molar-refractivity contribution in [2.75, 3.05) is 14.2 Å². The summed E-state index contributed by atoms with van der Waals surface area (Å²) in [5, 5.41) is 0. The van der Waals surface area contributed by atoms with Gasteiger partial charge < -0.3 is 9.47 Å². The second-order valence-corrected chi connectivity index (χ2v) is 3.45. The molecular formula is C9H10BrNO3. The van der Waals surface area contributed by atoms with Crippen molar-refractivity contribution in [2.24, 2.45) is 0 Å². The Balaban J connectivity index is 3.31. The summed E-state index contributed by atoms with van der Waals surface area (Å²) in [4.78, 5) is 15.2. The van der Waals surface area contributed by atoms with Gasteiger partial charge in [0.25, 0.3) is 0 Å². The quantitative estimate of drug-likeness (QED) is 0.780. The summed E-state index contributed by atoms with van der Waals surface area (Å²) in [6.07, 6.45) is 0. The lowest BCUT2D eigenvalue weighted by Crippen LogP contribution is -2.02. The van der Waals surface area contributed by atoms with E-state index in [9.17, 15) is 4.79 Å². The van der Waals surface area contributed by atoms with E-state index >= 15 is 0 Å². The summed E-state index contributed by atoms with van der Waals surface area (Å²) in [7, 11) is 2.96. The van der Waals surface area contributed by atoms with Crippen LogP contribution in [0.5, 0.6) is 11.8 Å². The molecular weight excluding hydrogens is 250 g/mol. The van der Waals surface area contributed by atoms with Crippen molar-refractivity contribution in [1.82, 2.24) is 4.98 Å². The molecule has 0 saturated heterocycles. The summed E-state index contributed by atoms with van der Waals surface area (Å²) in [5.41, 5.74) is 0.431. The molecule has 0 unspecified atom stereocenters. The molecule has 1 aromatic rings. The lowest BCUT2D eigenvalue weighted by molar-refractivity contribution is 0.101. The van der Waals surface area contributed by atoms with E-state index in [1.807, 2.05) is 0 Å². The van der Waals surface area contributed by atoms with Crippen LogP contribution in [0.25, 0.3) is 0 Å². The number of halogens is 1. The first-order valence-electron chi connectivity index (χ1n) is 3.89. The number of carbonyl (C=O) groups is 1. The fourth-order valence-corrected chi connectivity index (χ4v) is 1.49. The second kappa shape index (κ2) is 4.41. The van der Waals surface area contributed by atoms with Crippen molar-refractivity contribution in [1.29, 1.82) is 0 Å². The third kappa shape index (κ3) is 2.04. The van der Waals surface area contributed by atoms with Crippen LogP contribution in [0, 0.1) is 0 Å². The molecule has 0 fully saturated rings. The maximum Gasteiger partial charge on any atom is 0.231 e. The van der Waals surface area contributed by atoms with E-state index in [2.05, 4.69) is 20.9 Å². The molecule has 1 heterocycles. The lowest BCUT2D eigenvalue weighted by Gasteiger charge is -2.08. The number of ketones is 1. The Labute approximate surface area is 90.4 Å². The SMILES string of the molecule is COc1nc(OC)c(C(C)=O)cc1Br. The average Bonchev–Trinajstić information content (AvgIpc) is 2.17. The molecule has 0 saturated carbocycles. The molecule has 0 bridgehead atoms. The molecule has 0 amide bonds. The van der Waals surface area contributed by atoms with Crippen molar-refractivity contribution in [3.05, 3.63) is 16.1 Å². The zero-order chi connectivity index (χ0) is 10.7. The predicted molar refractivity (Wildman–Crippen MR) is 55.0 cm³/mol. The van der Waals surface area contributed by atoms with Crippen LogP contribution < -0.4 is 9.47 Å². The minimum Gasteiger partial charge on any atom is -0.480 e. The maximum absolute atomic E-state index is 11.2. The molecule has 0 spiro atoms. The first kappa shape index (κ1) is 11.0. The van der Waals surface area contributed by atoms with Crippen LogP contribution in [0.2, 0.25) is 0 Å². The molecule has 5 heteroatoms. The summed E-state index contributed by atoms with van der Waals surface area (Å²) in [6, 6.07) is 1.63. The van der Waals surface area contributed by atoms with E-state index in [0.717, 1.165) is 0 Å². The Morgan fingerprint density at radius 3 is 2.36 bits per heavy atom. The number of hydrogen-bond donors (Lipinski definition) is 0. The van der Waals surface area contributed by atoms with Gasteiger partial charge in [0.05, 0.1) is 24.3 Å². The van der Waals surface area contributed by atoms with Gasteiger partial charge in [0, 0.05) is 0 Å². The van der Waals surface area contributed by atoms with Crippen molar-refractivity contribution in [3.63, 3.8) is 0 Å². The number of rotatable bonds is 3. The highest BCUT2D eigenvalue weighted by Crippen LogP contribution is 2.28. The van der Waals surface area contributed by atoms with Gasteiger partial charge in [-0.25, -0.2) is 0 Å². The number of hydrogen-bond acceptors (Lipinski definition) is 4. The zero-order valence-electron chi connectivity index (χ0n) is 8.13. The Morgan fingerprint density at radius 1 is 1.36 bits per heavy atom. The molecule has 0 aliphatic heterocycles. The normalized spacial score (nSPS) is 9.71. The summed E-state index contributed by atoms with van der Waals surface area (Å²) in [5.74, 6) is 0.571. The van der Waals surface area contributed by atoms with Crippen molar-refractivity contribution >= 4 is 21.7 Å². The van der Waals surface area contributed by atoms with Crippen LogP contribution in [0.1, 0.15) is 17.3 Å². The predicted octanol–water partition coefficient (Wildman–Crippen LogP) is 2.06. The highest BCUT2D eigenvalue weighted by atomic mass is 79.9. The first-order valence-corrected chi connectivity index (χ1v) is 4.69. The Bertz CT molecular complexity index is 365. The molecule has 0 N–H and O–H groups in total. The van der Waals surface area contributed by atoms with Crippen LogP contribution in [-0.2, 0) is 0 Å². The summed E-state index contributed by atoms with van der Waals surface area (Å²) in [6.45, 7) is 1.46. The van der Waals surface area contributed by atoms with Crippen molar-refractivity contribution in [3.8, 4) is 11.8 Å². The number of pyridine rings is 1. The minimum absolute atomic E-state index is 0.0993. The molecule has 0 radical (unpaired) electrons. The average molecular weight is 260 g/mol. The van der Waals surface area contributed by atoms with Gasteiger partial charge in [-0.05, 0) is 28.9 Å². The monoisotopic (exact) mass is 259 g/mol. The number of nitrogens with zero attached hydrogens (tertiary/aromatic N) is 1. The van der Waals surface area contributed by atoms with Gasteiger partial charge >= 0.3 is 0 Å². The molecule has 1 rings (SSSR count). The maximum atomic E-state index is 11.2. The highest BCUT2D eigenvalue weighted by Gasteiger charge is 2.14. The third-order valence-electron chi connectivity index (χ3n) is 1.67. The fourth-order valence-electron chi connectivity index (χ4n) is 1.01. The number of aromatic nitrogens is 1. The van der Waals surface area contributed by atoms with Gasteiger partial charge in [-0.1, -0.05) is 0 Å². The van der Waals surface area contributed by atoms with Gasteiger partial charge in [-0.15, -0.1) is 0 Å². The van der Waals surface area contributed by atoms with E-state index in [4.69, 9.17) is 9.47 Å². The number of Topliss-reactive ketones (excluding diaryl/α,β-unsaturated/α-hetero) is 1. The van der Waals surface area contributed by atoms with E-state index in [1.54, 1.807) is 6.07 Å². The topological polar surface area (TPSA) is 48.4 Å². The lowest BCUT2D eigenvalue weighted by atomic mass is 10.2. The smallest absolute Gasteiger partial charge is 0.231 e. The molecule has 0 aromatic carbocycles. The van der Waals surface area contributed by atoms with Crippen LogP contribution in [0.4, 0.5) is 0 Å². The molecule has 14 heavy (non-hydrogen) atoms. The van der Waals surface area contributed by atoms with Crippen molar-refractivity contribution < 1.29 is 14.3 Å². The van der Waals surface area contributed by atoms with Gasteiger partial charge in [-0.3, -0.25) is 4.79 Å². The van der Waals surface area contributed by atoms with Gasteiger partial charge in [0.1, 0.15) is 0 Å². The standard InChI is InChI=1S/C9H10BrNO3/c1-5(12)6-4-7(10)9(14-3)11-8(6)13-2/h4H,1-3H3. The molecule has 4 nitrogen and oxygen atoms in total. The van der Waals surface area contributed by atoms with E-state index in [1.165, 1.54) is 21.1 Å². The van der Waals surface area contributed by atoms with Gasteiger partial charge in [0.15, 0.2) is 5.78 Å². The number of ether oxygens (including phenoxy) is 2. The first-order chi connectivity index (χ1) is 6.60. The molecule has 0 aliphatic carbocycles. The van der Waals surface area contributed by atoms with Gasteiger partial charge in [0.2, 0.25) is 11.8 Å². The number of carbonyl (C=O) groups excluding carboxylic acids is 1. The van der Waals surface area contributed by atoms with Gasteiger partial charge in [-0.2, -0.15) is 4.98 Å². The molecule has 0 aliphatic rings. The van der Waals surface area contributed by atoms with E-state index in [-0.39, 0.29) is 11.7 Å². The fraction of sp³-hybridized carbons (Fsp3) is 0.333. The van der Waals surface area contributed by atoms with E-state index in [0.29, 0.717) is 15.9 Å². The Kier molecular flexibility index (Phi) is 3.46. The molecule has 1 aromatic heterocycles. The highest BCUT2D eigenvalue weighted by molar-refractivity contribution is 9.10.